The average molecular weight is 281 g/mol. The highest BCUT2D eigenvalue weighted by Crippen LogP contribution is 2.18. The van der Waals surface area contributed by atoms with E-state index in [1.165, 1.54) is 0 Å². The molecule has 0 spiro atoms. The van der Waals surface area contributed by atoms with Crippen LogP contribution in [0.3, 0.4) is 0 Å². The summed E-state index contributed by atoms with van der Waals surface area (Å²) in [6, 6.07) is 0.376. The summed E-state index contributed by atoms with van der Waals surface area (Å²) in [5.74, 6) is 1.18. The lowest BCUT2D eigenvalue weighted by Crippen LogP contribution is -2.43. The van der Waals surface area contributed by atoms with Gasteiger partial charge >= 0.3 is 6.01 Å². The fraction of sp³-hybridized carbons (Fsp3) is 0.769. The summed E-state index contributed by atoms with van der Waals surface area (Å²) >= 11 is 0. The maximum absolute atomic E-state index is 5.67. The molecule has 1 aromatic heterocycles. The molecule has 7 nitrogen and oxygen atoms in total. The molecule has 2 rings (SSSR count). The lowest BCUT2D eigenvalue weighted by Gasteiger charge is -2.32. The smallest absolute Gasteiger partial charge is 0.323 e. The van der Waals surface area contributed by atoms with Crippen LogP contribution in [0.5, 0.6) is 6.01 Å². The van der Waals surface area contributed by atoms with Gasteiger partial charge in [-0.15, -0.1) is 0 Å². The molecule has 0 aromatic carbocycles. The first kappa shape index (κ1) is 14.8. The zero-order valence-corrected chi connectivity index (χ0v) is 12.4. The van der Waals surface area contributed by atoms with Crippen LogP contribution in [-0.4, -0.2) is 54.4 Å². The van der Waals surface area contributed by atoms with Crippen LogP contribution in [0.2, 0.25) is 0 Å². The molecule has 1 saturated heterocycles. The monoisotopic (exact) mass is 281 g/mol. The molecule has 1 aliphatic heterocycles. The molecule has 0 bridgehead atoms. The molecule has 1 atom stereocenters. The summed E-state index contributed by atoms with van der Waals surface area (Å²) in [6.07, 6.45) is 2.14. The Bertz CT molecular complexity index is 429. The standard InChI is InChI=1S/C13H23N5O2/c1-4-7-20-13-16-11(14-3)15-12(17-13)18-6-8-19-10(5-2)9-18/h10H,4-9H2,1-3H3,(H,14,15,16,17). The van der Waals surface area contributed by atoms with E-state index in [9.17, 15) is 0 Å². The number of nitrogens with one attached hydrogen (secondary N) is 1. The van der Waals surface area contributed by atoms with Gasteiger partial charge in [-0.25, -0.2) is 0 Å². The van der Waals surface area contributed by atoms with Gasteiger partial charge < -0.3 is 19.7 Å². The Morgan fingerprint density at radius 3 is 2.90 bits per heavy atom. The van der Waals surface area contributed by atoms with Crippen LogP contribution < -0.4 is 15.0 Å². The number of morpholine rings is 1. The largest absolute Gasteiger partial charge is 0.463 e. The minimum absolute atomic E-state index is 0.235. The number of rotatable bonds is 6. The molecular formula is C13H23N5O2. The average Bonchev–Trinajstić information content (AvgIpc) is 2.52. The van der Waals surface area contributed by atoms with E-state index in [4.69, 9.17) is 9.47 Å². The van der Waals surface area contributed by atoms with E-state index in [1.807, 2.05) is 0 Å². The van der Waals surface area contributed by atoms with E-state index in [-0.39, 0.29) is 6.10 Å². The van der Waals surface area contributed by atoms with Crippen molar-refractivity contribution in [2.75, 3.05) is 43.6 Å². The van der Waals surface area contributed by atoms with Gasteiger partial charge in [0.1, 0.15) is 0 Å². The highest BCUT2D eigenvalue weighted by molar-refractivity contribution is 5.38. The Labute approximate surface area is 119 Å². The van der Waals surface area contributed by atoms with Crippen molar-refractivity contribution in [1.82, 2.24) is 15.0 Å². The lowest BCUT2D eigenvalue weighted by molar-refractivity contribution is 0.0378. The van der Waals surface area contributed by atoms with Gasteiger partial charge in [-0.1, -0.05) is 13.8 Å². The van der Waals surface area contributed by atoms with E-state index in [0.29, 0.717) is 31.1 Å². The van der Waals surface area contributed by atoms with Gasteiger partial charge in [0.25, 0.3) is 0 Å². The lowest BCUT2D eigenvalue weighted by atomic mass is 10.2. The molecule has 1 aliphatic rings. The van der Waals surface area contributed by atoms with E-state index in [1.54, 1.807) is 7.05 Å². The maximum Gasteiger partial charge on any atom is 0.323 e. The van der Waals surface area contributed by atoms with Gasteiger partial charge in [-0.3, -0.25) is 0 Å². The third kappa shape index (κ3) is 3.69. The second kappa shape index (κ2) is 7.23. The van der Waals surface area contributed by atoms with E-state index in [2.05, 4.69) is 39.0 Å². The quantitative estimate of drug-likeness (QED) is 0.843. The summed E-state index contributed by atoms with van der Waals surface area (Å²) in [7, 11) is 1.79. The van der Waals surface area contributed by atoms with Gasteiger partial charge in [0.15, 0.2) is 0 Å². The molecule has 2 heterocycles. The van der Waals surface area contributed by atoms with E-state index >= 15 is 0 Å². The van der Waals surface area contributed by atoms with Crippen LogP contribution >= 0.6 is 0 Å². The second-order valence-corrected chi connectivity index (χ2v) is 4.69. The van der Waals surface area contributed by atoms with Gasteiger partial charge in [-0.05, 0) is 12.8 Å². The maximum atomic E-state index is 5.67. The van der Waals surface area contributed by atoms with Crippen molar-refractivity contribution in [1.29, 1.82) is 0 Å². The molecule has 1 N–H and O–H groups in total. The number of nitrogens with zero attached hydrogens (tertiary/aromatic N) is 4. The molecule has 0 saturated carbocycles. The third-order valence-corrected chi connectivity index (χ3v) is 3.14. The Hall–Kier alpha value is -1.63. The summed E-state index contributed by atoms with van der Waals surface area (Å²) in [4.78, 5) is 15.1. The molecule has 0 aliphatic carbocycles. The predicted octanol–water partition coefficient (Wildman–Crippen LogP) is 1.32. The highest BCUT2D eigenvalue weighted by atomic mass is 16.5. The second-order valence-electron chi connectivity index (χ2n) is 4.69. The Morgan fingerprint density at radius 2 is 2.20 bits per heavy atom. The Kier molecular flexibility index (Phi) is 5.34. The minimum atomic E-state index is 0.235. The van der Waals surface area contributed by atoms with Gasteiger partial charge in [0, 0.05) is 20.1 Å². The molecule has 0 amide bonds. The Balaban J connectivity index is 2.16. The Morgan fingerprint density at radius 1 is 1.35 bits per heavy atom. The van der Waals surface area contributed by atoms with Crippen LogP contribution in [0.1, 0.15) is 26.7 Å². The molecule has 7 heteroatoms. The van der Waals surface area contributed by atoms with Crippen molar-refractivity contribution in [2.45, 2.75) is 32.8 Å². The number of hydrogen-bond donors (Lipinski definition) is 1. The highest BCUT2D eigenvalue weighted by Gasteiger charge is 2.22. The summed E-state index contributed by atoms with van der Waals surface area (Å²) < 4.78 is 11.2. The fourth-order valence-electron chi connectivity index (χ4n) is 2.00. The molecule has 1 aromatic rings. The molecular weight excluding hydrogens is 258 g/mol. The van der Waals surface area contributed by atoms with Crippen molar-refractivity contribution in [2.24, 2.45) is 0 Å². The summed E-state index contributed by atoms with van der Waals surface area (Å²) in [5.41, 5.74) is 0. The van der Waals surface area contributed by atoms with Gasteiger partial charge in [0.2, 0.25) is 11.9 Å². The van der Waals surface area contributed by atoms with E-state index in [0.717, 1.165) is 25.9 Å². The summed E-state index contributed by atoms with van der Waals surface area (Å²) in [5, 5.41) is 2.95. The zero-order chi connectivity index (χ0) is 14.4. The van der Waals surface area contributed by atoms with Crippen LogP contribution in [0.4, 0.5) is 11.9 Å². The normalized spacial score (nSPS) is 18.9. The van der Waals surface area contributed by atoms with Crippen molar-refractivity contribution < 1.29 is 9.47 Å². The predicted molar refractivity (Wildman–Crippen MR) is 77.4 cm³/mol. The SMILES string of the molecule is CCCOc1nc(NC)nc(N2CCOC(CC)C2)n1. The first-order valence-electron chi connectivity index (χ1n) is 7.20. The molecule has 112 valence electrons. The fourth-order valence-corrected chi connectivity index (χ4v) is 2.00. The number of anilines is 2. The van der Waals surface area contributed by atoms with Gasteiger partial charge in [-0.2, -0.15) is 15.0 Å². The van der Waals surface area contributed by atoms with Crippen molar-refractivity contribution in [3.63, 3.8) is 0 Å². The zero-order valence-electron chi connectivity index (χ0n) is 12.4. The third-order valence-electron chi connectivity index (χ3n) is 3.14. The number of hydrogen-bond acceptors (Lipinski definition) is 7. The molecule has 20 heavy (non-hydrogen) atoms. The topological polar surface area (TPSA) is 72.4 Å². The van der Waals surface area contributed by atoms with Crippen molar-refractivity contribution in [3.05, 3.63) is 0 Å². The van der Waals surface area contributed by atoms with Crippen LogP contribution in [-0.2, 0) is 4.74 Å². The van der Waals surface area contributed by atoms with E-state index < -0.39 is 0 Å². The first-order valence-corrected chi connectivity index (χ1v) is 7.20. The van der Waals surface area contributed by atoms with Crippen LogP contribution in [0, 0.1) is 0 Å². The molecule has 0 radical (unpaired) electrons. The van der Waals surface area contributed by atoms with Crippen LogP contribution in [0.25, 0.3) is 0 Å². The van der Waals surface area contributed by atoms with Gasteiger partial charge in [0.05, 0.1) is 19.3 Å². The van der Waals surface area contributed by atoms with Crippen molar-refractivity contribution in [3.8, 4) is 6.01 Å². The molecule has 1 unspecified atom stereocenters. The molecule has 1 fully saturated rings. The number of ether oxygens (including phenoxy) is 2. The van der Waals surface area contributed by atoms with Crippen LogP contribution in [0.15, 0.2) is 0 Å². The number of aromatic nitrogens is 3. The minimum Gasteiger partial charge on any atom is -0.463 e. The first-order chi connectivity index (χ1) is 9.76. The van der Waals surface area contributed by atoms with Crippen molar-refractivity contribution >= 4 is 11.9 Å². The summed E-state index contributed by atoms with van der Waals surface area (Å²) in [6.45, 7) is 7.07.